The fraction of sp³-hybridized carbons (Fsp3) is 0.429. The van der Waals surface area contributed by atoms with Crippen LogP contribution in [0.25, 0.3) is 0 Å². The second-order valence-corrected chi connectivity index (χ2v) is 4.50. The van der Waals surface area contributed by atoms with Crippen LogP contribution in [0.3, 0.4) is 0 Å². The number of phenolic OH excluding ortho intramolecular Hbond substituents is 1. The van der Waals surface area contributed by atoms with Gasteiger partial charge in [-0.2, -0.15) is 0 Å². The van der Waals surface area contributed by atoms with E-state index in [0.29, 0.717) is 13.1 Å². The largest absolute Gasteiger partial charge is 0.508 e. The molecule has 0 aliphatic carbocycles. The molecule has 0 saturated heterocycles. The van der Waals surface area contributed by atoms with Crippen molar-refractivity contribution in [2.24, 2.45) is 4.99 Å². The highest BCUT2D eigenvalue weighted by Gasteiger charge is 2.10. The molecule has 0 spiro atoms. The van der Waals surface area contributed by atoms with E-state index in [1.165, 1.54) is 4.90 Å². The minimum Gasteiger partial charge on any atom is -0.508 e. The van der Waals surface area contributed by atoms with Crippen molar-refractivity contribution in [3.8, 4) is 5.75 Å². The van der Waals surface area contributed by atoms with E-state index in [-0.39, 0.29) is 18.4 Å². The zero-order valence-corrected chi connectivity index (χ0v) is 12.1. The third-order valence-corrected chi connectivity index (χ3v) is 2.71. The van der Waals surface area contributed by atoms with Crippen molar-refractivity contribution in [3.63, 3.8) is 0 Å². The summed E-state index contributed by atoms with van der Waals surface area (Å²) in [5.74, 6) is 0.192. The number of aromatic hydroxyl groups is 1. The third kappa shape index (κ3) is 5.60. The Hall–Kier alpha value is -2.24. The van der Waals surface area contributed by atoms with Gasteiger partial charge in [-0.25, -0.2) is 4.79 Å². The highest BCUT2D eigenvalue weighted by Crippen LogP contribution is 2.10. The molecule has 1 aromatic carbocycles. The molecule has 0 unspecified atom stereocenters. The summed E-state index contributed by atoms with van der Waals surface area (Å²) in [4.78, 5) is 19.1. The van der Waals surface area contributed by atoms with Crippen molar-refractivity contribution >= 4 is 12.4 Å². The van der Waals surface area contributed by atoms with Crippen LogP contribution in [0, 0.1) is 0 Å². The molecule has 0 bridgehead atoms. The number of amides is 1. The molecule has 0 aromatic heterocycles. The Morgan fingerprint density at radius 1 is 1.30 bits per heavy atom. The average Bonchev–Trinajstić information content (AvgIpc) is 2.44. The number of carbonyl (C=O) groups excluding carboxylic acids is 1. The highest BCUT2D eigenvalue weighted by molar-refractivity contribution is 5.67. The second-order valence-electron chi connectivity index (χ2n) is 4.50. The van der Waals surface area contributed by atoms with E-state index in [1.807, 2.05) is 11.9 Å². The van der Waals surface area contributed by atoms with Gasteiger partial charge < -0.3 is 19.6 Å². The van der Waals surface area contributed by atoms with E-state index in [1.54, 1.807) is 44.7 Å². The first kappa shape index (κ1) is 15.8. The summed E-state index contributed by atoms with van der Waals surface area (Å²) in [7, 11) is 5.28. The van der Waals surface area contributed by atoms with E-state index in [4.69, 9.17) is 9.84 Å². The van der Waals surface area contributed by atoms with Crippen LogP contribution in [0.5, 0.6) is 5.75 Å². The number of ether oxygens (including phenoxy) is 1. The van der Waals surface area contributed by atoms with Crippen LogP contribution in [-0.4, -0.2) is 61.6 Å². The van der Waals surface area contributed by atoms with Gasteiger partial charge in [-0.3, -0.25) is 4.99 Å². The molecule has 0 fully saturated rings. The minimum absolute atomic E-state index is 0.190. The lowest BCUT2D eigenvalue weighted by atomic mass is 10.2. The lowest BCUT2D eigenvalue weighted by Gasteiger charge is -2.20. The molecule has 0 saturated carbocycles. The first-order chi connectivity index (χ1) is 9.52. The molecule has 1 amide bonds. The zero-order valence-electron chi connectivity index (χ0n) is 12.1. The van der Waals surface area contributed by atoms with E-state index in [9.17, 15) is 4.79 Å². The summed E-state index contributed by atoms with van der Waals surface area (Å²) in [6.45, 7) is 1.43. The van der Waals surface area contributed by atoms with Gasteiger partial charge in [0.25, 0.3) is 0 Å². The molecular weight excluding hydrogens is 258 g/mol. The molecule has 0 atom stereocenters. The fourth-order valence-electron chi connectivity index (χ4n) is 1.50. The third-order valence-electron chi connectivity index (χ3n) is 2.71. The van der Waals surface area contributed by atoms with Crippen molar-refractivity contribution in [1.29, 1.82) is 0 Å². The van der Waals surface area contributed by atoms with Gasteiger partial charge in [0.15, 0.2) is 0 Å². The molecule has 6 nitrogen and oxygen atoms in total. The molecular formula is C14H21N3O3. The van der Waals surface area contributed by atoms with Gasteiger partial charge in [-0.15, -0.1) is 0 Å². The van der Waals surface area contributed by atoms with Gasteiger partial charge in [0, 0.05) is 34.2 Å². The quantitative estimate of drug-likeness (QED) is 0.634. The number of rotatable bonds is 6. The molecule has 1 rings (SSSR count). The molecule has 0 aliphatic rings. The number of carbonyl (C=O) groups is 1. The molecule has 0 aliphatic heterocycles. The fourth-order valence-corrected chi connectivity index (χ4v) is 1.50. The Labute approximate surface area is 119 Å². The SMILES string of the molecule is CN=CN(C)CCN(C)C(=O)OCc1ccc(O)cc1. The Morgan fingerprint density at radius 2 is 1.95 bits per heavy atom. The molecule has 6 heteroatoms. The first-order valence-electron chi connectivity index (χ1n) is 6.31. The normalized spacial score (nSPS) is 10.6. The van der Waals surface area contributed by atoms with Crippen LogP contribution in [0.4, 0.5) is 4.79 Å². The Kier molecular flexibility index (Phi) is 6.36. The molecule has 0 heterocycles. The van der Waals surface area contributed by atoms with Crippen LogP contribution in [-0.2, 0) is 11.3 Å². The number of aliphatic imine (C=N–C) groups is 1. The number of likely N-dealkylation sites (N-methyl/N-ethyl adjacent to an activating group) is 2. The molecule has 0 radical (unpaired) electrons. The number of phenols is 1. The lowest BCUT2D eigenvalue weighted by molar-refractivity contribution is 0.103. The van der Waals surface area contributed by atoms with Crippen LogP contribution in [0.1, 0.15) is 5.56 Å². The van der Waals surface area contributed by atoms with Crippen molar-refractivity contribution in [1.82, 2.24) is 9.80 Å². The molecule has 1 N–H and O–H groups in total. The monoisotopic (exact) mass is 279 g/mol. The maximum atomic E-state index is 11.8. The summed E-state index contributed by atoms with van der Waals surface area (Å²) in [5, 5.41) is 9.16. The number of nitrogens with zero attached hydrogens (tertiary/aromatic N) is 3. The summed E-state index contributed by atoms with van der Waals surface area (Å²) < 4.78 is 5.18. The predicted molar refractivity (Wildman–Crippen MR) is 78.0 cm³/mol. The summed E-state index contributed by atoms with van der Waals surface area (Å²) in [5.41, 5.74) is 0.833. The summed E-state index contributed by atoms with van der Waals surface area (Å²) in [6.07, 6.45) is 1.33. The topological polar surface area (TPSA) is 65.4 Å². The van der Waals surface area contributed by atoms with Gasteiger partial charge in [-0.05, 0) is 17.7 Å². The van der Waals surface area contributed by atoms with E-state index >= 15 is 0 Å². The Morgan fingerprint density at radius 3 is 2.55 bits per heavy atom. The minimum atomic E-state index is -0.375. The standard InChI is InChI=1S/C14H21N3O3/c1-15-11-16(2)8-9-17(3)14(19)20-10-12-4-6-13(18)7-5-12/h4-7,11,18H,8-10H2,1-3H3. The maximum absolute atomic E-state index is 11.8. The van der Waals surface area contributed by atoms with Gasteiger partial charge >= 0.3 is 6.09 Å². The van der Waals surface area contributed by atoms with Crippen LogP contribution >= 0.6 is 0 Å². The van der Waals surface area contributed by atoms with Crippen LogP contribution in [0.15, 0.2) is 29.3 Å². The highest BCUT2D eigenvalue weighted by atomic mass is 16.6. The van der Waals surface area contributed by atoms with Crippen molar-refractivity contribution < 1.29 is 14.6 Å². The molecule has 110 valence electrons. The van der Waals surface area contributed by atoms with Gasteiger partial charge in [-0.1, -0.05) is 12.1 Å². The van der Waals surface area contributed by atoms with Crippen LogP contribution in [0.2, 0.25) is 0 Å². The van der Waals surface area contributed by atoms with E-state index < -0.39 is 0 Å². The van der Waals surface area contributed by atoms with Crippen LogP contribution < -0.4 is 0 Å². The smallest absolute Gasteiger partial charge is 0.409 e. The summed E-state index contributed by atoms with van der Waals surface area (Å²) in [6, 6.07) is 6.56. The van der Waals surface area contributed by atoms with E-state index in [2.05, 4.69) is 4.99 Å². The van der Waals surface area contributed by atoms with Crippen molar-refractivity contribution in [3.05, 3.63) is 29.8 Å². The van der Waals surface area contributed by atoms with Gasteiger partial charge in [0.1, 0.15) is 12.4 Å². The Bertz CT molecular complexity index is 445. The van der Waals surface area contributed by atoms with Crippen molar-refractivity contribution in [2.75, 3.05) is 34.2 Å². The van der Waals surface area contributed by atoms with Gasteiger partial charge in [0.05, 0.1) is 6.34 Å². The molecule has 20 heavy (non-hydrogen) atoms. The average molecular weight is 279 g/mol. The van der Waals surface area contributed by atoms with Crippen molar-refractivity contribution in [2.45, 2.75) is 6.61 Å². The lowest BCUT2D eigenvalue weighted by Crippen LogP contribution is -2.34. The predicted octanol–water partition coefficient (Wildman–Crippen LogP) is 1.55. The summed E-state index contributed by atoms with van der Waals surface area (Å²) >= 11 is 0. The maximum Gasteiger partial charge on any atom is 0.409 e. The van der Waals surface area contributed by atoms with E-state index in [0.717, 1.165) is 5.56 Å². The number of hydrogen-bond acceptors (Lipinski definition) is 4. The van der Waals surface area contributed by atoms with Gasteiger partial charge in [0.2, 0.25) is 0 Å². The number of benzene rings is 1. The Balaban J connectivity index is 2.32. The first-order valence-corrected chi connectivity index (χ1v) is 6.31. The number of hydrogen-bond donors (Lipinski definition) is 1. The molecule has 1 aromatic rings. The zero-order chi connectivity index (χ0) is 15.0. The second kappa shape index (κ2) is 8.04.